The lowest BCUT2D eigenvalue weighted by atomic mass is 9.94. The fourth-order valence-electron chi connectivity index (χ4n) is 2.15. The van der Waals surface area contributed by atoms with Gasteiger partial charge in [-0.1, -0.05) is 34.1 Å². The molecule has 18 heavy (non-hydrogen) atoms. The maximum atomic E-state index is 5.67. The molecular weight excluding hydrogens is 290 g/mol. The van der Waals surface area contributed by atoms with Crippen molar-refractivity contribution in [3.63, 3.8) is 0 Å². The molecule has 1 atom stereocenters. The monoisotopic (exact) mass is 309 g/mol. The molecule has 2 rings (SSSR count). The van der Waals surface area contributed by atoms with E-state index in [2.05, 4.69) is 33.4 Å². The summed E-state index contributed by atoms with van der Waals surface area (Å²) in [5, 5.41) is 3.47. The van der Waals surface area contributed by atoms with Gasteiger partial charge in [0.2, 0.25) is 0 Å². The number of rotatable bonds is 6. The van der Waals surface area contributed by atoms with Crippen LogP contribution >= 0.6 is 15.9 Å². The Morgan fingerprint density at radius 2 is 2.28 bits per heavy atom. The largest absolute Gasteiger partial charge is 0.492 e. The minimum Gasteiger partial charge on any atom is -0.492 e. The van der Waals surface area contributed by atoms with E-state index < -0.39 is 0 Å². The molecule has 1 unspecified atom stereocenters. The molecule has 98 valence electrons. The number of allylic oxidation sites excluding steroid dienone is 2. The summed E-state index contributed by atoms with van der Waals surface area (Å²) < 4.78 is 6.73. The summed E-state index contributed by atoms with van der Waals surface area (Å²) in [5.74, 6) is 1.73. The van der Waals surface area contributed by atoms with Gasteiger partial charge >= 0.3 is 0 Å². The predicted molar refractivity (Wildman–Crippen MR) is 79.0 cm³/mol. The Morgan fingerprint density at radius 3 is 3.06 bits per heavy atom. The average Bonchev–Trinajstić information content (AvgIpc) is 2.40. The number of halogens is 1. The van der Waals surface area contributed by atoms with Gasteiger partial charge in [-0.05, 0) is 49.9 Å². The summed E-state index contributed by atoms with van der Waals surface area (Å²) in [6.45, 7) is 2.73. The molecule has 1 aromatic rings. The summed E-state index contributed by atoms with van der Waals surface area (Å²) >= 11 is 3.43. The van der Waals surface area contributed by atoms with Crippen molar-refractivity contribution in [2.24, 2.45) is 5.92 Å². The van der Waals surface area contributed by atoms with Crippen LogP contribution in [0.5, 0.6) is 5.75 Å². The Morgan fingerprint density at radius 1 is 1.33 bits per heavy atom. The van der Waals surface area contributed by atoms with Crippen molar-refractivity contribution in [1.82, 2.24) is 5.32 Å². The van der Waals surface area contributed by atoms with Crippen molar-refractivity contribution < 1.29 is 4.74 Å². The summed E-state index contributed by atoms with van der Waals surface area (Å²) in [5.41, 5.74) is 0. The minimum absolute atomic E-state index is 0.721. The maximum absolute atomic E-state index is 5.67. The zero-order valence-electron chi connectivity index (χ0n) is 10.6. The molecule has 0 aliphatic heterocycles. The Balaban J connectivity index is 1.57. The molecule has 0 saturated carbocycles. The highest BCUT2D eigenvalue weighted by molar-refractivity contribution is 9.10. The highest BCUT2D eigenvalue weighted by atomic mass is 79.9. The lowest BCUT2D eigenvalue weighted by Gasteiger charge is -2.18. The number of benzene rings is 1. The molecule has 0 heterocycles. The summed E-state index contributed by atoms with van der Waals surface area (Å²) in [4.78, 5) is 0. The number of nitrogens with one attached hydrogen (secondary N) is 1. The van der Waals surface area contributed by atoms with Crippen molar-refractivity contribution >= 4 is 15.9 Å². The first kappa shape index (κ1) is 13.6. The third-order valence-corrected chi connectivity index (χ3v) is 3.65. The van der Waals surface area contributed by atoms with E-state index in [1.807, 2.05) is 24.3 Å². The number of ether oxygens (including phenoxy) is 1. The lowest BCUT2D eigenvalue weighted by Crippen LogP contribution is -2.27. The smallest absolute Gasteiger partial charge is 0.120 e. The Kier molecular flexibility index (Phi) is 5.75. The van der Waals surface area contributed by atoms with E-state index in [0.717, 1.165) is 35.8 Å². The minimum atomic E-state index is 0.721. The zero-order chi connectivity index (χ0) is 12.6. The van der Waals surface area contributed by atoms with Crippen LogP contribution in [0.1, 0.15) is 19.3 Å². The zero-order valence-corrected chi connectivity index (χ0v) is 12.2. The van der Waals surface area contributed by atoms with Gasteiger partial charge in [-0.15, -0.1) is 0 Å². The molecule has 0 amide bonds. The Labute approximate surface area is 118 Å². The van der Waals surface area contributed by atoms with Crippen molar-refractivity contribution in [2.45, 2.75) is 19.3 Å². The fraction of sp³-hybridized carbons (Fsp3) is 0.467. The predicted octanol–water partition coefficient (Wildman–Crippen LogP) is 3.77. The fourth-order valence-corrected chi connectivity index (χ4v) is 2.52. The van der Waals surface area contributed by atoms with Crippen LogP contribution in [0, 0.1) is 5.92 Å². The van der Waals surface area contributed by atoms with E-state index >= 15 is 0 Å². The van der Waals surface area contributed by atoms with Crippen LogP contribution in [0.3, 0.4) is 0 Å². The molecule has 0 spiro atoms. The summed E-state index contributed by atoms with van der Waals surface area (Å²) in [6, 6.07) is 7.96. The molecule has 1 aliphatic carbocycles. The van der Waals surface area contributed by atoms with E-state index in [4.69, 9.17) is 4.74 Å². The molecule has 0 radical (unpaired) electrons. The van der Waals surface area contributed by atoms with Gasteiger partial charge in [-0.2, -0.15) is 0 Å². The van der Waals surface area contributed by atoms with Crippen molar-refractivity contribution in [1.29, 1.82) is 0 Å². The van der Waals surface area contributed by atoms with Crippen molar-refractivity contribution in [3.05, 3.63) is 40.9 Å². The van der Waals surface area contributed by atoms with Crippen LogP contribution in [-0.2, 0) is 0 Å². The van der Waals surface area contributed by atoms with E-state index in [1.54, 1.807) is 0 Å². The van der Waals surface area contributed by atoms with Gasteiger partial charge in [0, 0.05) is 11.0 Å². The first-order valence-corrected chi connectivity index (χ1v) is 7.38. The maximum Gasteiger partial charge on any atom is 0.120 e. The van der Waals surface area contributed by atoms with E-state index in [-0.39, 0.29) is 0 Å². The third kappa shape index (κ3) is 4.83. The van der Waals surface area contributed by atoms with Crippen LogP contribution < -0.4 is 10.1 Å². The van der Waals surface area contributed by atoms with Crippen LogP contribution in [-0.4, -0.2) is 19.7 Å². The van der Waals surface area contributed by atoms with Gasteiger partial charge in [0.15, 0.2) is 0 Å². The number of hydrogen-bond donors (Lipinski definition) is 1. The second kappa shape index (κ2) is 7.59. The van der Waals surface area contributed by atoms with Crippen LogP contribution in [0.15, 0.2) is 40.9 Å². The summed E-state index contributed by atoms with van der Waals surface area (Å²) in [7, 11) is 0. The topological polar surface area (TPSA) is 21.3 Å². The Bertz CT molecular complexity index is 392. The third-order valence-electron chi connectivity index (χ3n) is 3.15. The summed E-state index contributed by atoms with van der Waals surface area (Å²) in [6.07, 6.45) is 8.36. The van der Waals surface area contributed by atoms with Crippen molar-refractivity contribution in [2.75, 3.05) is 19.7 Å². The van der Waals surface area contributed by atoms with Crippen LogP contribution in [0.25, 0.3) is 0 Å². The van der Waals surface area contributed by atoms with Gasteiger partial charge in [-0.25, -0.2) is 0 Å². The average molecular weight is 310 g/mol. The first-order chi connectivity index (χ1) is 8.84. The van der Waals surface area contributed by atoms with Gasteiger partial charge < -0.3 is 10.1 Å². The first-order valence-electron chi connectivity index (χ1n) is 6.58. The van der Waals surface area contributed by atoms with Gasteiger partial charge in [0.05, 0.1) is 0 Å². The van der Waals surface area contributed by atoms with Crippen LogP contribution in [0.4, 0.5) is 0 Å². The molecule has 1 aliphatic rings. The normalized spacial score (nSPS) is 18.8. The van der Waals surface area contributed by atoms with Crippen molar-refractivity contribution in [3.8, 4) is 5.75 Å². The molecule has 1 N–H and O–H groups in total. The van der Waals surface area contributed by atoms with Gasteiger partial charge in [-0.3, -0.25) is 0 Å². The molecule has 1 aromatic carbocycles. The SMILES string of the molecule is Brc1cccc(OCCNCC2CC=CCC2)c1. The van der Waals surface area contributed by atoms with Gasteiger partial charge in [0.1, 0.15) is 12.4 Å². The molecule has 0 saturated heterocycles. The quantitative estimate of drug-likeness (QED) is 0.638. The molecule has 3 heteroatoms. The molecular formula is C15H20BrNO. The lowest BCUT2D eigenvalue weighted by molar-refractivity contribution is 0.306. The molecule has 0 fully saturated rings. The highest BCUT2D eigenvalue weighted by Gasteiger charge is 2.08. The molecule has 0 aromatic heterocycles. The molecule has 2 nitrogen and oxygen atoms in total. The van der Waals surface area contributed by atoms with E-state index in [1.165, 1.54) is 19.3 Å². The Hall–Kier alpha value is -0.800. The number of hydrogen-bond acceptors (Lipinski definition) is 2. The van der Waals surface area contributed by atoms with E-state index in [0.29, 0.717) is 0 Å². The van der Waals surface area contributed by atoms with E-state index in [9.17, 15) is 0 Å². The van der Waals surface area contributed by atoms with Gasteiger partial charge in [0.25, 0.3) is 0 Å². The molecule has 0 bridgehead atoms. The standard InChI is InChI=1S/C15H20BrNO/c16-14-7-4-8-15(11-14)18-10-9-17-12-13-5-2-1-3-6-13/h1-2,4,7-8,11,13,17H,3,5-6,9-10,12H2. The highest BCUT2D eigenvalue weighted by Crippen LogP contribution is 2.18. The second-order valence-corrected chi connectivity index (χ2v) is 5.58. The van der Waals surface area contributed by atoms with Crippen LogP contribution in [0.2, 0.25) is 0 Å². The second-order valence-electron chi connectivity index (χ2n) is 4.66.